The van der Waals surface area contributed by atoms with Crippen molar-refractivity contribution in [3.8, 4) is 0 Å². The summed E-state index contributed by atoms with van der Waals surface area (Å²) >= 11 is 0. The second kappa shape index (κ2) is 9.26. The molecule has 0 bridgehead atoms. The summed E-state index contributed by atoms with van der Waals surface area (Å²) in [5.74, 6) is 0.155. The van der Waals surface area contributed by atoms with Gasteiger partial charge in [0, 0.05) is 39.7 Å². The summed E-state index contributed by atoms with van der Waals surface area (Å²) in [6.45, 7) is 8.24. The molecule has 0 aliphatic heterocycles. The quantitative estimate of drug-likeness (QED) is 0.409. The molecule has 1 saturated carbocycles. The molecule has 0 heterocycles. The largest absolute Gasteiger partial charge is 0.295 e. The van der Waals surface area contributed by atoms with Crippen LogP contribution in [0.25, 0.3) is 10.8 Å². The van der Waals surface area contributed by atoms with E-state index in [4.69, 9.17) is 0 Å². The maximum atomic E-state index is 11.0. The zero-order chi connectivity index (χ0) is 18.7. The van der Waals surface area contributed by atoms with Gasteiger partial charge < -0.3 is 0 Å². The first kappa shape index (κ1) is 22.0. The van der Waals surface area contributed by atoms with Crippen LogP contribution in [0.5, 0.6) is 0 Å². The molecule has 1 nitrogen and oxygen atoms in total. The Kier molecular flexibility index (Phi) is 7.54. The number of hydrogen-bond acceptors (Lipinski definition) is 1. The summed E-state index contributed by atoms with van der Waals surface area (Å²) in [5.41, 5.74) is 5.39. The fourth-order valence-electron chi connectivity index (χ4n) is 3.60. The van der Waals surface area contributed by atoms with Crippen molar-refractivity contribution in [1.82, 2.24) is 0 Å². The van der Waals surface area contributed by atoms with E-state index in [1.165, 1.54) is 29.2 Å². The Morgan fingerprint density at radius 1 is 0.963 bits per heavy atom. The van der Waals surface area contributed by atoms with E-state index in [-0.39, 0.29) is 39.9 Å². The van der Waals surface area contributed by atoms with Crippen molar-refractivity contribution in [3.63, 3.8) is 0 Å². The minimum Gasteiger partial charge on any atom is -0.295 e. The van der Waals surface area contributed by atoms with Gasteiger partial charge >= 0.3 is 0 Å². The maximum absolute atomic E-state index is 11.0. The van der Waals surface area contributed by atoms with E-state index < -0.39 is 0 Å². The van der Waals surface area contributed by atoms with Crippen LogP contribution in [-0.2, 0) is 44.5 Å². The summed E-state index contributed by atoms with van der Waals surface area (Å²) in [6, 6.07) is 21.1. The van der Waals surface area contributed by atoms with Gasteiger partial charge in [-0.15, -0.1) is 0 Å². The number of rotatable bonds is 3. The van der Waals surface area contributed by atoms with Gasteiger partial charge in [0.25, 0.3) is 0 Å². The molecule has 0 N–H and O–H groups in total. The Bertz CT molecular complexity index is 944. The Morgan fingerprint density at radius 3 is 2.11 bits per heavy atom. The van der Waals surface area contributed by atoms with Crippen molar-refractivity contribution in [2.24, 2.45) is 0 Å². The average Bonchev–Trinajstić information content (AvgIpc) is 3.41. The first-order valence-electron chi connectivity index (χ1n) is 9.54. The third kappa shape index (κ3) is 4.95. The van der Waals surface area contributed by atoms with Crippen LogP contribution >= 0.6 is 0 Å². The van der Waals surface area contributed by atoms with Crippen LogP contribution in [0.1, 0.15) is 62.1 Å². The van der Waals surface area contributed by atoms with Gasteiger partial charge in [-0.05, 0) is 66.0 Å². The monoisotopic (exact) mass is 435 g/mol. The second-order valence-corrected chi connectivity index (χ2v) is 7.60. The van der Waals surface area contributed by atoms with Crippen LogP contribution in [0.2, 0.25) is 0 Å². The predicted molar refractivity (Wildman–Crippen MR) is 113 cm³/mol. The van der Waals surface area contributed by atoms with Gasteiger partial charge in [0.2, 0.25) is 0 Å². The molecular formula is C25H30OY. The Balaban J connectivity index is 0.000000274. The summed E-state index contributed by atoms with van der Waals surface area (Å²) in [5, 5.41) is 2.88. The molecule has 3 aromatic rings. The van der Waals surface area contributed by atoms with Crippen LogP contribution in [0.15, 0.2) is 60.7 Å². The zero-order valence-electron chi connectivity index (χ0n) is 16.9. The first-order valence-corrected chi connectivity index (χ1v) is 9.54. The molecule has 0 atom stereocenters. The molecule has 139 valence electrons. The molecule has 2 heteroatoms. The fraction of sp³-hybridized carbons (Fsp3) is 0.320. The van der Waals surface area contributed by atoms with Crippen molar-refractivity contribution >= 4 is 16.6 Å². The van der Waals surface area contributed by atoms with Crippen molar-refractivity contribution in [2.75, 3.05) is 0 Å². The molecular weight excluding hydrogens is 405 g/mol. The number of benzene rings is 3. The van der Waals surface area contributed by atoms with Gasteiger partial charge in [0.05, 0.1) is 0 Å². The number of carbonyl (C=O) groups excluding carboxylic acids is 1. The molecule has 0 spiro atoms. The van der Waals surface area contributed by atoms with E-state index in [0.29, 0.717) is 5.41 Å². The predicted octanol–water partition coefficient (Wildman–Crippen LogP) is 6.89. The van der Waals surface area contributed by atoms with Crippen LogP contribution in [0.4, 0.5) is 0 Å². The first-order chi connectivity index (χ1) is 12.5. The van der Waals surface area contributed by atoms with Crippen LogP contribution < -0.4 is 0 Å². The van der Waals surface area contributed by atoms with Crippen LogP contribution in [0, 0.1) is 6.92 Å². The number of ketones is 1. The van der Waals surface area contributed by atoms with E-state index in [9.17, 15) is 4.79 Å². The number of Topliss-reactive ketones (excluding diaryl/α,β-unsaturated/α-hetero) is 1. The topological polar surface area (TPSA) is 17.1 Å². The molecule has 0 saturated heterocycles. The molecule has 0 unspecified atom stereocenters. The van der Waals surface area contributed by atoms with Gasteiger partial charge in [0.15, 0.2) is 5.78 Å². The summed E-state index contributed by atoms with van der Waals surface area (Å²) in [4.78, 5) is 11.0. The van der Waals surface area contributed by atoms with Crippen molar-refractivity contribution in [3.05, 3.63) is 82.9 Å². The normalized spacial score (nSPS) is 13.9. The summed E-state index contributed by atoms with van der Waals surface area (Å²) < 4.78 is 0. The van der Waals surface area contributed by atoms with Crippen LogP contribution in [-0.4, -0.2) is 5.78 Å². The molecule has 1 aliphatic carbocycles. The molecule has 1 fully saturated rings. The number of fused-ring (bicyclic) bond motifs is 1. The van der Waals surface area contributed by atoms with E-state index in [1.807, 2.05) is 24.3 Å². The zero-order valence-corrected chi connectivity index (χ0v) is 19.7. The van der Waals surface area contributed by atoms with Crippen molar-refractivity contribution in [2.45, 2.75) is 52.4 Å². The Morgan fingerprint density at radius 2 is 1.56 bits per heavy atom. The second-order valence-electron chi connectivity index (χ2n) is 7.60. The van der Waals surface area contributed by atoms with E-state index >= 15 is 0 Å². The fourth-order valence-corrected chi connectivity index (χ4v) is 3.60. The third-order valence-corrected chi connectivity index (χ3v) is 5.57. The van der Waals surface area contributed by atoms with Gasteiger partial charge in [-0.2, -0.15) is 0 Å². The molecule has 0 aromatic heterocycles. The van der Waals surface area contributed by atoms with Crippen molar-refractivity contribution < 1.29 is 38.9 Å². The SMILES string of the molecule is CCc1ccccc1C(C)=O.Cc1ccc(C2(C)CC2)c2ccccc12.[HH].[Y]. The number of carbonyl (C=O) groups is 1. The molecule has 27 heavy (non-hydrogen) atoms. The summed E-state index contributed by atoms with van der Waals surface area (Å²) in [7, 11) is 0. The molecule has 4 rings (SSSR count). The molecule has 0 amide bonds. The van der Waals surface area contributed by atoms with Crippen LogP contribution in [0.3, 0.4) is 0 Å². The standard InChI is InChI=1S/C15H16.C10H12O.Y.H2/c1-11-7-8-14(15(2)9-10-15)13-6-4-3-5-12(11)13;1-3-9-6-4-5-7-10(9)8(2)11;;/h3-8H,9-10H2,1-2H3;4-7H,3H2,1-2H3;;1H. The average molecular weight is 435 g/mol. The van der Waals surface area contributed by atoms with E-state index in [2.05, 4.69) is 57.2 Å². The van der Waals surface area contributed by atoms with E-state index in [1.54, 1.807) is 12.5 Å². The molecule has 1 aliphatic rings. The molecule has 1 radical (unpaired) electrons. The Labute approximate surface area is 189 Å². The maximum Gasteiger partial charge on any atom is 0.160 e. The third-order valence-electron chi connectivity index (χ3n) is 5.57. The minimum absolute atomic E-state index is 0. The minimum atomic E-state index is 0. The van der Waals surface area contributed by atoms with Gasteiger partial charge in [0.1, 0.15) is 0 Å². The van der Waals surface area contributed by atoms with Crippen molar-refractivity contribution in [1.29, 1.82) is 0 Å². The Hall–Kier alpha value is -1.31. The number of aryl methyl sites for hydroxylation is 2. The smallest absolute Gasteiger partial charge is 0.160 e. The van der Waals surface area contributed by atoms with Gasteiger partial charge in [-0.25, -0.2) is 0 Å². The summed E-state index contributed by atoms with van der Waals surface area (Å²) in [6.07, 6.45) is 3.62. The molecule has 3 aromatic carbocycles. The van der Waals surface area contributed by atoms with E-state index in [0.717, 1.165) is 17.5 Å². The van der Waals surface area contributed by atoms with Gasteiger partial charge in [-0.1, -0.05) is 74.5 Å². The van der Waals surface area contributed by atoms with Gasteiger partial charge in [-0.3, -0.25) is 4.79 Å². The number of hydrogen-bond donors (Lipinski definition) is 0.